The Hall–Kier alpha value is -4.46. The van der Waals surface area contributed by atoms with Gasteiger partial charge in [-0.3, -0.25) is 14.4 Å². The molecule has 0 aliphatic heterocycles. The van der Waals surface area contributed by atoms with E-state index in [0.29, 0.717) is 45.8 Å². The second-order valence-corrected chi connectivity index (χ2v) is 10.6. The minimum Gasteiger partial charge on any atom is -0.469 e. The van der Waals surface area contributed by atoms with Gasteiger partial charge in [-0.25, -0.2) is 4.39 Å². The van der Waals surface area contributed by atoms with E-state index in [1.165, 1.54) is 26.3 Å². The maximum absolute atomic E-state index is 13.6. The fraction of sp³-hybridized carbons (Fsp3) is 0.303. The molecule has 1 unspecified atom stereocenters. The largest absolute Gasteiger partial charge is 0.469 e. The number of fused-ring (bicyclic) bond motifs is 1. The molecule has 0 fully saturated rings. The van der Waals surface area contributed by atoms with Crippen molar-refractivity contribution in [1.29, 1.82) is 0 Å². The number of halogens is 1. The second kappa shape index (κ2) is 12.8. The molecule has 7 nitrogen and oxygen atoms in total. The quantitative estimate of drug-likeness (QED) is 0.216. The Morgan fingerprint density at radius 3 is 2.34 bits per heavy atom. The summed E-state index contributed by atoms with van der Waals surface area (Å²) in [6.45, 7) is 6.21. The predicted molar refractivity (Wildman–Crippen MR) is 157 cm³/mol. The van der Waals surface area contributed by atoms with Crippen LogP contribution in [0.5, 0.6) is 0 Å². The highest BCUT2D eigenvalue weighted by Crippen LogP contribution is 2.38. The molecule has 0 aliphatic carbocycles. The molecule has 0 bridgehead atoms. The number of hydrogen-bond acceptors (Lipinski definition) is 5. The molecule has 1 heterocycles. The second-order valence-electron chi connectivity index (χ2n) is 10.6. The van der Waals surface area contributed by atoms with E-state index in [-0.39, 0.29) is 30.2 Å². The lowest BCUT2D eigenvalue weighted by molar-refractivity contribution is -0.140. The van der Waals surface area contributed by atoms with Gasteiger partial charge in [-0.1, -0.05) is 26.0 Å². The number of hydrogen-bond donors (Lipinski definition) is 2. The number of esters is 1. The summed E-state index contributed by atoms with van der Waals surface area (Å²) in [5, 5.41) is 6.29. The van der Waals surface area contributed by atoms with Gasteiger partial charge >= 0.3 is 5.97 Å². The topological polar surface area (TPSA) is 97.6 Å². The summed E-state index contributed by atoms with van der Waals surface area (Å²) >= 11 is 0. The molecule has 0 aliphatic rings. The Bertz CT molecular complexity index is 1570. The number of rotatable bonds is 10. The predicted octanol–water partition coefficient (Wildman–Crippen LogP) is 6.54. The van der Waals surface area contributed by atoms with Crippen LogP contribution in [0.1, 0.15) is 59.9 Å². The third-order valence-corrected chi connectivity index (χ3v) is 6.94. The lowest BCUT2D eigenvalue weighted by Gasteiger charge is -2.16. The Labute approximate surface area is 239 Å². The Morgan fingerprint density at radius 2 is 1.68 bits per heavy atom. The summed E-state index contributed by atoms with van der Waals surface area (Å²) in [6, 6.07) is 16.7. The van der Waals surface area contributed by atoms with Crippen LogP contribution in [0.4, 0.5) is 4.39 Å². The average Bonchev–Trinajstić information content (AvgIpc) is 3.33. The smallest absolute Gasteiger partial charge is 0.305 e. The SMILES string of the molecule is CNC(=O)c1c(-c2ccc(F)cc2)oc2cc(CCC(=O)OC)c(-c3cccc(C(=O)NC(C)CC(C)C)c3)cc12. The molecule has 214 valence electrons. The summed E-state index contributed by atoms with van der Waals surface area (Å²) in [6.07, 6.45) is 1.34. The van der Waals surface area contributed by atoms with Gasteiger partial charge in [0.2, 0.25) is 0 Å². The monoisotopic (exact) mass is 558 g/mol. The standard InChI is InChI=1S/C33H35FN2O5/c1-19(2)15-20(3)36-32(38)24-8-6-7-22(16-24)26-18-27-28(17-23(26)11-14-29(37)40-5)41-31(30(27)33(39)35-4)21-9-12-25(34)13-10-21/h6-10,12-13,16-20H,11,14-15H2,1-5H3,(H,35,39)(H,36,38). The van der Waals surface area contributed by atoms with E-state index in [0.717, 1.165) is 23.1 Å². The number of benzene rings is 3. The van der Waals surface area contributed by atoms with Crippen molar-refractivity contribution in [2.24, 2.45) is 5.92 Å². The zero-order valence-corrected chi connectivity index (χ0v) is 24.0. The maximum atomic E-state index is 13.6. The first-order valence-electron chi connectivity index (χ1n) is 13.7. The Kier molecular flexibility index (Phi) is 9.22. The Balaban J connectivity index is 1.86. The molecular weight excluding hydrogens is 523 g/mol. The van der Waals surface area contributed by atoms with Crippen molar-refractivity contribution in [1.82, 2.24) is 10.6 Å². The fourth-order valence-electron chi connectivity index (χ4n) is 5.06. The van der Waals surface area contributed by atoms with Gasteiger partial charge in [0, 0.05) is 36.0 Å². The van der Waals surface area contributed by atoms with Crippen LogP contribution in [0, 0.1) is 11.7 Å². The first-order chi connectivity index (χ1) is 19.6. The summed E-state index contributed by atoms with van der Waals surface area (Å²) in [7, 11) is 2.87. The van der Waals surface area contributed by atoms with Gasteiger partial charge in [0.1, 0.15) is 17.2 Å². The number of carbonyl (C=O) groups is 3. The number of methoxy groups -OCH3 is 1. The van der Waals surface area contributed by atoms with Gasteiger partial charge in [-0.15, -0.1) is 0 Å². The minimum absolute atomic E-state index is 0.0176. The van der Waals surface area contributed by atoms with E-state index in [1.54, 1.807) is 24.3 Å². The van der Waals surface area contributed by atoms with E-state index in [1.807, 2.05) is 31.2 Å². The molecule has 2 N–H and O–H groups in total. The van der Waals surface area contributed by atoms with E-state index >= 15 is 0 Å². The summed E-state index contributed by atoms with van der Waals surface area (Å²) in [5.74, 6) is -0.538. The first-order valence-corrected chi connectivity index (χ1v) is 13.7. The number of furan rings is 1. The third kappa shape index (κ3) is 6.82. The molecule has 41 heavy (non-hydrogen) atoms. The van der Waals surface area contributed by atoms with E-state index < -0.39 is 5.82 Å². The van der Waals surface area contributed by atoms with E-state index in [2.05, 4.69) is 24.5 Å². The normalized spacial score (nSPS) is 11.9. The highest BCUT2D eigenvalue weighted by molar-refractivity contribution is 6.12. The van der Waals surface area contributed by atoms with Gasteiger partial charge in [-0.05, 0) is 90.9 Å². The number of carbonyl (C=O) groups excluding carboxylic acids is 3. The Morgan fingerprint density at radius 1 is 0.951 bits per heavy atom. The van der Waals surface area contributed by atoms with Gasteiger partial charge in [0.15, 0.2) is 0 Å². The van der Waals surface area contributed by atoms with Crippen molar-refractivity contribution in [3.8, 4) is 22.5 Å². The molecule has 3 aromatic carbocycles. The third-order valence-electron chi connectivity index (χ3n) is 6.94. The molecule has 4 aromatic rings. The number of nitrogens with one attached hydrogen (secondary N) is 2. The molecule has 1 atom stereocenters. The van der Waals surface area contributed by atoms with Gasteiger partial charge in [-0.2, -0.15) is 0 Å². The highest BCUT2D eigenvalue weighted by atomic mass is 19.1. The molecule has 1 aromatic heterocycles. The zero-order chi connectivity index (χ0) is 29.7. The minimum atomic E-state index is -0.402. The fourth-order valence-corrected chi connectivity index (χ4v) is 5.06. The maximum Gasteiger partial charge on any atom is 0.305 e. The summed E-state index contributed by atoms with van der Waals surface area (Å²) in [4.78, 5) is 38.2. The lowest BCUT2D eigenvalue weighted by atomic mass is 9.92. The summed E-state index contributed by atoms with van der Waals surface area (Å²) in [5.41, 5.74) is 4.10. The molecular formula is C33H35FN2O5. The van der Waals surface area contributed by atoms with Crippen molar-refractivity contribution >= 4 is 28.8 Å². The lowest BCUT2D eigenvalue weighted by Crippen LogP contribution is -2.33. The van der Waals surface area contributed by atoms with Crippen LogP contribution in [0.2, 0.25) is 0 Å². The summed E-state index contributed by atoms with van der Waals surface area (Å²) < 4.78 is 24.7. The van der Waals surface area contributed by atoms with E-state index in [4.69, 9.17) is 9.15 Å². The van der Waals surface area contributed by atoms with Crippen LogP contribution >= 0.6 is 0 Å². The van der Waals surface area contributed by atoms with Crippen LogP contribution < -0.4 is 10.6 Å². The number of ether oxygens (including phenoxy) is 1. The number of aryl methyl sites for hydroxylation is 1. The molecule has 8 heteroatoms. The van der Waals surface area contributed by atoms with Crippen molar-refractivity contribution in [3.63, 3.8) is 0 Å². The molecule has 0 saturated heterocycles. The van der Waals surface area contributed by atoms with Crippen molar-refractivity contribution in [2.45, 2.75) is 46.1 Å². The van der Waals surface area contributed by atoms with Gasteiger partial charge in [0.25, 0.3) is 11.8 Å². The van der Waals surface area contributed by atoms with Crippen molar-refractivity contribution in [3.05, 3.63) is 83.2 Å². The number of amides is 2. The molecule has 4 rings (SSSR count). The average molecular weight is 559 g/mol. The van der Waals surface area contributed by atoms with Crippen LogP contribution in [-0.4, -0.2) is 38.0 Å². The van der Waals surface area contributed by atoms with Crippen molar-refractivity contribution < 1.29 is 27.9 Å². The molecule has 0 radical (unpaired) electrons. The highest BCUT2D eigenvalue weighted by Gasteiger charge is 2.24. The van der Waals surface area contributed by atoms with Crippen LogP contribution in [-0.2, 0) is 16.0 Å². The van der Waals surface area contributed by atoms with Crippen LogP contribution in [0.3, 0.4) is 0 Å². The van der Waals surface area contributed by atoms with E-state index in [9.17, 15) is 18.8 Å². The molecule has 2 amide bonds. The zero-order valence-electron chi connectivity index (χ0n) is 24.0. The van der Waals surface area contributed by atoms with Crippen molar-refractivity contribution in [2.75, 3.05) is 14.2 Å². The van der Waals surface area contributed by atoms with Gasteiger partial charge in [0.05, 0.1) is 12.7 Å². The van der Waals surface area contributed by atoms with Gasteiger partial charge < -0.3 is 19.8 Å². The van der Waals surface area contributed by atoms with Crippen LogP contribution in [0.25, 0.3) is 33.4 Å². The molecule has 0 saturated carbocycles. The first kappa shape index (κ1) is 29.5. The van der Waals surface area contributed by atoms with Crippen LogP contribution in [0.15, 0.2) is 65.1 Å². The molecule has 0 spiro atoms.